The van der Waals surface area contributed by atoms with Crippen LogP contribution in [0.3, 0.4) is 0 Å². The summed E-state index contributed by atoms with van der Waals surface area (Å²) < 4.78 is 0. The number of carbonyl (C=O) groups excluding carboxylic acids is 2. The highest BCUT2D eigenvalue weighted by Crippen LogP contribution is 2.47. The quantitative estimate of drug-likeness (QED) is 0.565. The van der Waals surface area contributed by atoms with Gasteiger partial charge in [-0.1, -0.05) is 77.8 Å². The van der Waals surface area contributed by atoms with Crippen LogP contribution < -0.4 is 10.2 Å². The molecule has 2 amide bonds. The van der Waals surface area contributed by atoms with Crippen molar-refractivity contribution in [3.63, 3.8) is 0 Å². The fourth-order valence-electron chi connectivity index (χ4n) is 4.85. The number of anilines is 1. The summed E-state index contributed by atoms with van der Waals surface area (Å²) in [6.45, 7) is 0. The van der Waals surface area contributed by atoms with E-state index in [9.17, 15) is 9.59 Å². The second-order valence-corrected chi connectivity index (χ2v) is 8.85. The number of benzene rings is 3. The van der Waals surface area contributed by atoms with Gasteiger partial charge < -0.3 is 5.32 Å². The third-order valence-electron chi connectivity index (χ3n) is 6.19. The number of fused-ring (bicyclic) bond motifs is 1. The van der Waals surface area contributed by atoms with Crippen molar-refractivity contribution >= 4 is 40.7 Å². The summed E-state index contributed by atoms with van der Waals surface area (Å²) >= 11 is 12.6. The zero-order chi connectivity index (χ0) is 21.5. The van der Waals surface area contributed by atoms with Crippen molar-refractivity contribution in [2.75, 3.05) is 4.90 Å². The summed E-state index contributed by atoms with van der Waals surface area (Å²) in [5.74, 6) is -1.35. The van der Waals surface area contributed by atoms with Crippen molar-refractivity contribution < 1.29 is 9.59 Å². The monoisotopic (exact) mass is 450 g/mol. The maximum atomic E-state index is 13.6. The molecule has 2 heterocycles. The van der Waals surface area contributed by atoms with E-state index in [2.05, 4.69) is 5.32 Å². The van der Waals surface area contributed by atoms with E-state index >= 15 is 0 Å². The summed E-state index contributed by atoms with van der Waals surface area (Å²) in [7, 11) is 0. The van der Waals surface area contributed by atoms with E-state index in [1.807, 2.05) is 54.6 Å². The van der Waals surface area contributed by atoms with Gasteiger partial charge in [0.2, 0.25) is 11.8 Å². The molecule has 2 fully saturated rings. The molecule has 3 aromatic carbocycles. The number of para-hydroxylation sites is 1. The molecule has 0 unspecified atom stereocenters. The molecule has 2 aliphatic rings. The first kappa shape index (κ1) is 20.3. The first-order chi connectivity index (χ1) is 15.0. The summed E-state index contributed by atoms with van der Waals surface area (Å²) in [6.07, 6.45) is 0.644. The summed E-state index contributed by atoms with van der Waals surface area (Å²) in [6, 6.07) is 23.8. The van der Waals surface area contributed by atoms with Gasteiger partial charge in [-0.05, 0) is 41.8 Å². The van der Waals surface area contributed by atoms with Crippen molar-refractivity contribution in [2.24, 2.45) is 11.8 Å². The van der Waals surface area contributed by atoms with E-state index in [1.54, 1.807) is 24.3 Å². The molecule has 1 N–H and O–H groups in total. The number of rotatable bonds is 4. The van der Waals surface area contributed by atoms with Crippen molar-refractivity contribution in [1.82, 2.24) is 5.32 Å². The fraction of sp³-hybridized carbons (Fsp3) is 0.200. The number of imide groups is 1. The van der Waals surface area contributed by atoms with Crippen LogP contribution in [0.25, 0.3) is 0 Å². The zero-order valence-corrected chi connectivity index (χ0v) is 18.1. The molecule has 0 aromatic heterocycles. The van der Waals surface area contributed by atoms with Gasteiger partial charge in [0.15, 0.2) is 0 Å². The van der Waals surface area contributed by atoms with Crippen molar-refractivity contribution in [2.45, 2.75) is 18.5 Å². The minimum atomic E-state index is -0.528. The molecule has 5 rings (SSSR count). The Morgan fingerprint density at radius 2 is 1.45 bits per heavy atom. The van der Waals surface area contributed by atoms with Crippen LogP contribution in [0, 0.1) is 11.8 Å². The van der Waals surface area contributed by atoms with E-state index in [-0.39, 0.29) is 23.9 Å². The molecule has 3 aromatic rings. The molecular weight excluding hydrogens is 431 g/mol. The zero-order valence-electron chi connectivity index (χ0n) is 16.5. The minimum absolute atomic E-state index is 0.165. The number of amides is 2. The topological polar surface area (TPSA) is 49.4 Å². The average molecular weight is 451 g/mol. The highest BCUT2D eigenvalue weighted by Gasteiger charge is 2.59. The Labute approximate surface area is 190 Å². The highest BCUT2D eigenvalue weighted by molar-refractivity contribution is 6.35. The Morgan fingerprint density at radius 3 is 2.13 bits per heavy atom. The number of carbonyl (C=O) groups is 2. The Bertz CT molecular complexity index is 1140. The SMILES string of the molecule is O=C1[C@@H]2[C@H](C(=O)N1c1ccccc1)[C@H](c1ccc(Cl)cc1Cl)N[C@H]2Cc1ccccc1. The van der Waals surface area contributed by atoms with E-state index in [4.69, 9.17) is 23.2 Å². The average Bonchev–Trinajstić information content (AvgIpc) is 3.26. The molecular formula is C25H20Cl2N2O2. The van der Waals surface area contributed by atoms with Gasteiger partial charge in [-0.25, -0.2) is 4.90 Å². The lowest BCUT2D eigenvalue weighted by atomic mass is 9.85. The highest BCUT2D eigenvalue weighted by atomic mass is 35.5. The van der Waals surface area contributed by atoms with Gasteiger partial charge in [0.25, 0.3) is 0 Å². The smallest absolute Gasteiger partial charge is 0.239 e. The van der Waals surface area contributed by atoms with Gasteiger partial charge in [-0.15, -0.1) is 0 Å². The molecule has 31 heavy (non-hydrogen) atoms. The molecule has 6 heteroatoms. The molecule has 0 aliphatic carbocycles. The number of halogens is 2. The molecule has 2 aliphatic heterocycles. The van der Waals surface area contributed by atoms with Gasteiger partial charge in [0, 0.05) is 22.1 Å². The van der Waals surface area contributed by atoms with Crippen molar-refractivity contribution in [1.29, 1.82) is 0 Å². The molecule has 156 valence electrons. The van der Waals surface area contributed by atoms with Crippen LogP contribution >= 0.6 is 23.2 Å². The summed E-state index contributed by atoms with van der Waals surface area (Å²) in [4.78, 5) is 28.4. The molecule has 0 saturated carbocycles. The molecule has 0 bridgehead atoms. The lowest BCUT2D eigenvalue weighted by Crippen LogP contribution is -2.40. The largest absolute Gasteiger partial charge is 0.305 e. The molecule has 4 atom stereocenters. The van der Waals surface area contributed by atoms with Gasteiger partial charge >= 0.3 is 0 Å². The van der Waals surface area contributed by atoms with Crippen LogP contribution in [-0.2, 0) is 16.0 Å². The molecule has 4 nitrogen and oxygen atoms in total. The predicted octanol–water partition coefficient (Wildman–Crippen LogP) is 5.05. The Balaban J connectivity index is 1.56. The summed E-state index contributed by atoms with van der Waals surface area (Å²) in [5, 5.41) is 4.57. The van der Waals surface area contributed by atoms with Crippen molar-refractivity contribution in [3.05, 3.63) is 100 Å². The Hall–Kier alpha value is -2.66. The minimum Gasteiger partial charge on any atom is -0.305 e. The van der Waals surface area contributed by atoms with Crippen LogP contribution in [-0.4, -0.2) is 17.9 Å². The van der Waals surface area contributed by atoms with E-state index in [1.165, 1.54) is 4.90 Å². The van der Waals surface area contributed by atoms with Gasteiger partial charge in [0.1, 0.15) is 0 Å². The van der Waals surface area contributed by atoms with Crippen LogP contribution in [0.1, 0.15) is 17.2 Å². The van der Waals surface area contributed by atoms with E-state index in [0.29, 0.717) is 22.2 Å². The van der Waals surface area contributed by atoms with Crippen LogP contribution in [0.4, 0.5) is 5.69 Å². The first-order valence-electron chi connectivity index (χ1n) is 10.2. The second-order valence-electron chi connectivity index (χ2n) is 8.01. The summed E-state index contributed by atoms with van der Waals surface area (Å²) in [5.41, 5.74) is 2.50. The standard InChI is InChI=1S/C25H20Cl2N2O2/c26-16-11-12-18(19(27)14-16)23-22-21(20(28-23)13-15-7-3-1-4-8-15)24(30)29(25(22)31)17-9-5-2-6-10-17/h1-12,14,20-23,28H,13H2/t20-,21-,22-,23-/m0/s1. The molecule has 0 spiro atoms. The third-order valence-corrected chi connectivity index (χ3v) is 6.76. The number of nitrogens with one attached hydrogen (secondary N) is 1. The Morgan fingerprint density at radius 1 is 0.806 bits per heavy atom. The van der Waals surface area contributed by atoms with Crippen LogP contribution in [0.15, 0.2) is 78.9 Å². The fourth-order valence-corrected chi connectivity index (χ4v) is 5.37. The second kappa shape index (κ2) is 8.12. The maximum Gasteiger partial charge on any atom is 0.239 e. The van der Waals surface area contributed by atoms with E-state index < -0.39 is 11.8 Å². The van der Waals surface area contributed by atoms with Crippen LogP contribution in [0.2, 0.25) is 10.0 Å². The maximum absolute atomic E-state index is 13.6. The van der Waals surface area contributed by atoms with Gasteiger partial charge in [0.05, 0.1) is 17.5 Å². The lowest BCUT2D eigenvalue weighted by Gasteiger charge is -2.23. The van der Waals surface area contributed by atoms with Crippen LogP contribution in [0.5, 0.6) is 0 Å². The Kier molecular flexibility index (Phi) is 5.30. The first-order valence-corrected chi connectivity index (χ1v) is 11.0. The van der Waals surface area contributed by atoms with E-state index in [0.717, 1.165) is 11.1 Å². The molecule has 2 saturated heterocycles. The van der Waals surface area contributed by atoms with Crippen molar-refractivity contribution in [3.8, 4) is 0 Å². The molecule has 0 radical (unpaired) electrons. The normalized spacial score (nSPS) is 25.2. The van der Waals surface area contributed by atoms with Gasteiger partial charge in [-0.2, -0.15) is 0 Å². The predicted molar refractivity (Wildman–Crippen MR) is 122 cm³/mol. The number of hydrogen-bond acceptors (Lipinski definition) is 3. The number of hydrogen-bond donors (Lipinski definition) is 1. The number of nitrogens with zero attached hydrogens (tertiary/aromatic N) is 1. The lowest BCUT2D eigenvalue weighted by molar-refractivity contribution is -0.123. The third kappa shape index (κ3) is 3.55. The van der Waals surface area contributed by atoms with Gasteiger partial charge in [-0.3, -0.25) is 9.59 Å².